The van der Waals surface area contributed by atoms with Gasteiger partial charge in [0.15, 0.2) is 0 Å². The molecule has 5 amide bonds. The van der Waals surface area contributed by atoms with E-state index in [9.17, 15) is 29.2 Å². The van der Waals surface area contributed by atoms with E-state index in [2.05, 4.69) is 31.9 Å². The van der Waals surface area contributed by atoms with Gasteiger partial charge in [-0.05, 0) is 50.2 Å². The molecule has 0 saturated carbocycles. The maximum atomic E-state index is 13.8. The molecule has 0 aliphatic rings. The number of hydrogen-bond donors (Lipinski definition) is 7. The average molecular weight is 717 g/mol. The average Bonchev–Trinajstić information content (AvgIpc) is 3.08. The van der Waals surface area contributed by atoms with Gasteiger partial charge in [-0.3, -0.25) is 29.2 Å². The molecule has 0 saturated heterocycles. The van der Waals surface area contributed by atoms with Crippen molar-refractivity contribution >= 4 is 41.1 Å². The topological polar surface area (TPSA) is 182 Å². The molecule has 1 aromatic heterocycles. The number of nitrogens with one attached hydrogen (secondary N) is 6. The Morgan fingerprint density at radius 3 is 2.04 bits per heavy atom. The third-order valence-corrected chi connectivity index (χ3v) is 8.87. The number of amides is 5. The summed E-state index contributed by atoms with van der Waals surface area (Å²) in [6.45, 7) is 13.5. The van der Waals surface area contributed by atoms with Crippen LogP contribution in [0.1, 0.15) is 83.7 Å². The van der Waals surface area contributed by atoms with Gasteiger partial charge in [0.2, 0.25) is 36.0 Å². The Morgan fingerprint density at radius 1 is 0.800 bits per heavy atom. The van der Waals surface area contributed by atoms with Crippen LogP contribution in [0.25, 0.3) is 0 Å². The van der Waals surface area contributed by atoms with Crippen molar-refractivity contribution < 1.29 is 33.9 Å². The molecule has 0 aliphatic heterocycles. The van der Waals surface area contributed by atoms with Gasteiger partial charge in [-0.1, -0.05) is 77.3 Å². The molecular formula is C36H55ClN7O6+. The first-order valence-corrected chi connectivity index (χ1v) is 17.8. The Bertz CT molecular complexity index is 1420. The van der Waals surface area contributed by atoms with E-state index in [1.165, 1.54) is 24.5 Å². The number of benzene rings is 1. The molecular weight excluding hydrogens is 662 g/mol. The van der Waals surface area contributed by atoms with Gasteiger partial charge in [0.25, 0.3) is 5.91 Å². The summed E-state index contributed by atoms with van der Waals surface area (Å²) in [7, 11) is 0. The van der Waals surface area contributed by atoms with E-state index in [0.717, 1.165) is 10.3 Å². The van der Waals surface area contributed by atoms with E-state index >= 15 is 0 Å². The van der Waals surface area contributed by atoms with Crippen molar-refractivity contribution in [2.24, 2.45) is 11.8 Å². The Balaban J connectivity index is 2.22. The Morgan fingerprint density at radius 2 is 1.46 bits per heavy atom. The lowest BCUT2D eigenvalue weighted by Gasteiger charge is -2.28. The van der Waals surface area contributed by atoms with Crippen molar-refractivity contribution in [3.63, 3.8) is 0 Å². The number of rotatable bonds is 20. The zero-order valence-electron chi connectivity index (χ0n) is 30.2. The van der Waals surface area contributed by atoms with Crippen molar-refractivity contribution in [2.45, 2.75) is 104 Å². The minimum Gasteiger partial charge on any atom is -0.355 e. The van der Waals surface area contributed by atoms with E-state index in [1.807, 2.05) is 59.7 Å². The van der Waals surface area contributed by atoms with Gasteiger partial charge in [-0.2, -0.15) is 0 Å². The van der Waals surface area contributed by atoms with E-state index < -0.39 is 47.9 Å². The molecule has 0 unspecified atom stereocenters. The first kappa shape index (κ1) is 41.9. The first-order valence-electron chi connectivity index (χ1n) is 17.4. The minimum atomic E-state index is -0.921. The predicted octanol–water partition coefficient (Wildman–Crippen LogP) is 2.28. The fourth-order valence-corrected chi connectivity index (χ4v) is 5.44. The number of aromatic nitrogens is 1. The van der Waals surface area contributed by atoms with Crippen LogP contribution in [0.2, 0.25) is 5.02 Å². The van der Waals surface area contributed by atoms with Gasteiger partial charge in [0.1, 0.15) is 18.1 Å². The lowest BCUT2D eigenvalue weighted by Crippen LogP contribution is -2.58. The van der Waals surface area contributed by atoms with Gasteiger partial charge in [-0.15, -0.1) is 0 Å². The summed E-state index contributed by atoms with van der Waals surface area (Å²) < 4.78 is 0.810. The number of hydrogen-bond acceptors (Lipinski definition) is 7. The molecule has 14 heteroatoms. The van der Waals surface area contributed by atoms with E-state index in [-0.39, 0.29) is 35.8 Å². The summed E-state index contributed by atoms with van der Waals surface area (Å²) in [6.07, 6.45) is 4.48. The van der Waals surface area contributed by atoms with Crippen LogP contribution in [-0.4, -0.2) is 78.0 Å². The Kier molecular flexibility index (Phi) is 17.7. The molecule has 0 aliphatic carbocycles. The van der Waals surface area contributed by atoms with Crippen LogP contribution in [0.15, 0.2) is 48.8 Å². The standard InChI is InChI=1S/C36H54ClN7O6/c1-8-13-29(41-36(49)31(23(6)9-2)43-33(46)25-16-18-44(50)19-17-25)34(47)40-27(20-26-14-11-12-15-28(26)37)21-39-24(7)32(45)42-30(22(4)5)35(48)38-10-3/h11-12,14-19,22-24,27,29-31,39H,8-10,13,20-21H2,1-7H3,(H5-,38,40,41,42,43,45,46,47,48,49,50)/p+1/t23-,24-,27-,29-,30-,31-/m0/s1. The molecule has 1 aromatic carbocycles. The normalized spacial score (nSPS) is 14.7. The highest BCUT2D eigenvalue weighted by molar-refractivity contribution is 6.31. The molecule has 2 rings (SSSR count). The van der Waals surface area contributed by atoms with Crippen molar-refractivity contribution in [2.75, 3.05) is 13.1 Å². The summed E-state index contributed by atoms with van der Waals surface area (Å²) in [6, 6.07) is 6.37. The zero-order valence-corrected chi connectivity index (χ0v) is 31.0. The number of carbonyl (C=O) groups excluding carboxylic acids is 5. The number of carbonyl (C=O) groups is 5. The lowest BCUT2D eigenvalue weighted by atomic mass is 9.97. The fraction of sp³-hybridized carbons (Fsp3) is 0.556. The van der Waals surface area contributed by atoms with Crippen LogP contribution in [0.3, 0.4) is 0 Å². The van der Waals surface area contributed by atoms with E-state index in [0.29, 0.717) is 37.3 Å². The number of halogens is 1. The molecule has 0 spiro atoms. The van der Waals surface area contributed by atoms with Gasteiger partial charge < -0.3 is 31.9 Å². The Hall–Kier alpha value is -4.23. The molecule has 276 valence electrons. The van der Waals surface area contributed by atoms with Crippen molar-refractivity contribution in [1.82, 2.24) is 31.9 Å². The smallest absolute Gasteiger partial charge is 0.252 e. The first-order chi connectivity index (χ1) is 23.7. The summed E-state index contributed by atoms with van der Waals surface area (Å²) >= 11 is 6.47. The molecule has 6 atom stereocenters. The molecule has 13 nitrogen and oxygen atoms in total. The molecule has 2 aromatic rings. The largest absolute Gasteiger partial charge is 0.355 e. The van der Waals surface area contributed by atoms with Crippen LogP contribution in [-0.2, 0) is 25.6 Å². The van der Waals surface area contributed by atoms with Crippen molar-refractivity contribution in [3.05, 3.63) is 64.9 Å². The Labute approximate surface area is 300 Å². The molecule has 1 heterocycles. The van der Waals surface area contributed by atoms with Gasteiger partial charge in [0, 0.05) is 41.0 Å². The second-order valence-corrected chi connectivity index (χ2v) is 13.3. The summed E-state index contributed by atoms with van der Waals surface area (Å²) in [4.78, 5) is 66.0. The predicted molar refractivity (Wildman–Crippen MR) is 191 cm³/mol. The maximum absolute atomic E-state index is 13.8. The number of likely N-dealkylation sites (N-methyl/N-ethyl adjacent to an activating group) is 1. The highest BCUT2D eigenvalue weighted by Gasteiger charge is 2.31. The zero-order chi connectivity index (χ0) is 37.4. The van der Waals surface area contributed by atoms with Crippen molar-refractivity contribution in [3.8, 4) is 0 Å². The van der Waals surface area contributed by atoms with Crippen LogP contribution in [0.5, 0.6) is 0 Å². The second kappa shape index (κ2) is 21.1. The van der Waals surface area contributed by atoms with E-state index in [1.54, 1.807) is 13.0 Å². The van der Waals surface area contributed by atoms with Gasteiger partial charge >= 0.3 is 0 Å². The third kappa shape index (κ3) is 13.2. The quantitative estimate of drug-likeness (QED) is 0.0811. The highest BCUT2D eigenvalue weighted by Crippen LogP contribution is 2.17. The molecule has 0 fully saturated rings. The van der Waals surface area contributed by atoms with Crippen LogP contribution < -0.4 is 36.6 Å². The maximum Gasteiger partial charge on any atom is 0.252 e. The number of nitrogens with zero attached hydrogens (tertiary/aromatic N) is 1. The molecule has 7 N–H and O–H groups in total. The highest BCUT2D eigenvalue weighted by atomic mass is 35.5. The fourth-order valence-electron chi connectivity index (χ4n) is 5.23. The van der Waals surface area contributed by atoms with Crippen LogP contribution >= 0.6 is 11.6 Å². The number of pyridine rings is 1. The lowest BCUT2D eigenvalue weighted by molar-refractivity contribution is -0.904. The summed E-state index contributed by atoms with van der Waals surface area (Å²) in [5, 5.41) is 27.5. The molecule has 0 bridgehead atoms. The van der Waals surface area contributed by atoms with Crippen molar-refractivity contribution in [1.29, 1.82) is 0 Å². The summed E-state index contributed by atoms with van der Waals surface area (Å²) in [5.74, 6) is -2.40. The van der Waals surface area contributed by atoms with Crippen LogP contribution in [0, 0.1) is 11.8 Å². The molecule has 0 radical (unpaired) electrons. The minimum absolute atomic E-state index is 0.129. The van der Waals surface area contributed by atoms with Gasteiger partial charge in [0.05, 0.1) is 11.6 Å². The third-order valence-electron chi connectivity index (χ3n) is 8.50. The van der Waals surface area contributed by atoms with Crippen LogP contribution in [0.4, 0.5) is 0 Å². The van der Waals surface area contributed by atoms with Gasteiger partial charge in [-0.25, -0.2) is 0 Å². The van der Waals surface area contributed by atoms with E-state index in [4.69, 9.17) is 11.6 Å². The monoisotopic (exact) mass is 716 g/mol. The molecule has 50 heavy (non-hydrogen) atoms. The SMILES string of the molecule is CCC[C@H](NC(=O)[C@@H](NC(=O)c1cc[n+](O)cc1)[C@@H](C)CC)C(=O)N[C@H](CN[C@@H](C)C(=O)N[C@H](C(=O)NCC)C(C)C)Cc1ccccc1Cl. The second-order valence-electron chi connectivity index (χ2n) is 12.9. The summed E-state index contributed by atoms with van der Waals surface area (Å²) in [5.41, 5.74) is 1.05.